The van der Waals surface area contributed by atoms with Crippen LogP contribution in [0.4, 0.5) is 5.95 Å². The van der Waals surface area contributed by atoms with Gasteiger partial charge in [-0.1, -0.05) is 28.2 Å². The minimum Gasteiger partial charge on any atom is -0.347 e. The van der Waals surface area contributed by atoms with Crippen LogP contribution in [0.5, 0.6) is 0 Å². The summed E-state index contributed by atoms with van der Waals surface area (Å²) >= 11 is 7.40. The van der Waals surface area contributed by atoms with Crippen LogP contribution in [0.2, 0.25) is 5.02 Å². The van der Waals surface area contributed by atoms with Gasteiger partial charge in [-0.05, 0) is 55.4 Å². The molecule has 1 fully saturated rings. The van der Waals surface area contributed by atoms with E-state index in [1.54, 1.807) is 0 Å². The molecule has 156 valence electrons. The lowest BCUT2D eigenvalue weighted by Gasteiger charge is -2.36. The van der Waals surface area contributed by atoms with Crippen LogP contribution in [0.1, 0.15) is 46.4 Å². The predicted octanol–water partition coefficient (Wildman–Crippen LogP) is 4.39. The Labute approximate surface area is 184 Å². The van der Waals surface area contributed by atoms with E-state index in [0.29, 0.717) is 28.1 Å². The lowest BCUT2D eigenvalue weighted by atomic mass is 9.93. The number of carbonyl (C=O) groups excluding carboxylic acids is 1. The highest BCUT2D eigenvalue weighted by Crippen LogP contribution is 2.38. The standard InChI is InChI=1S/C21H23ClN6OS/c1-13-19(30-26-25-13)20(29)28-10-5-4-9-17(28)18-16(12-23-21(24-18)27(2)3)14-7-6-8-15(22)11-14/h6-8,11-12,17H,4-5,9-10H2,1-3H3. The number of anilines is 1. The van der Waals surface area contributed by atoms with E-state index in [2.05, 4.69) is 14.6 Å². The van der Waals surface area contributed by atoms with E-state index in [1.807, 2.05) is 61.3 Å². The van der Waals surface area contributed by atoms with Crippen molar-refractivity contribution in [3.05, 3.63) is 51.7 Å². The zero-order chi connectivity index (χ0) is 21.3. The highest BCUT2D eigenvalue weighted by molar-refractivity contribution is 7.07. The first-order chi connectivity index (χ1) is 14.5. The van der Waals surface area contributed by atoms with Gasteiger partial charge in [-0.3, -0.25) is 4.79 Å². The molecule has 0 radical (unpaired) electrons. The lowest BCUT2D eigenvalue weighted by Crippen LogP contribution is -2.39. The summed E-state index contributed by atoms with van der Waals surface area (Å²) in [7, 11) is 3.82. The summed E-state index contributed by atoms with van der Waals surface area (Å²) in [5, 5.41) is 4.67. The molecule has 4 rings (SSSR count). The van der Waals surface area contributed by atoms with Crippen molar-refractivity contribution in [1.82, 2.24) is 24.5 Å². The number of aromatic nitrogens is 4. The maximum absolute atomic E-state index is 13.4. The Hall–Kier alpha value is -2.58. The molecular formula is C21H23ClN6OS. The van der Waals surface area contributed by atoms with Crippen molar-refractivity contribution in [2.75, 3.05) is 25.5 Å². The van der Waals surface area contributed by atoms with E-state index >= 15 is 0 Å². The molecule has 9 heteroatoms. The Morgan fingerprint density at radius 2 is 2.13 bits per heavy atom. The first-order valence-electron chi connectivity index (χ1n) is 9.86. The third-order valence-corrected chi connectivity index (χ3v) is 6.32. The second-order valence-electron chi connectivity index (χ2n) is 7.57. The van der Waals surface area contributed by atoms with Crippen molar-refractivity contribution in [2.24, 2.45) is 0 Å². The van der Waals surface area contributed by atoms with Gasteiger partial charge in [0.05, 0.1) is 17.4 Å². The smallest absolute Gasteiger partial charge is 0.268 e. The molecule has 1 aromatic carbocycles. The molecule has 3 aromatic rings. The Balaban J connectivity index is 1.82. The summed E-state index contributed by atoms with van der Waals surface area (Å²) in [6, 6.07) is 7.51. The van der Waals surface area contributed by atoms with E-state index in [9.17, 15) is 4.79 Å². The van der Waals surface area contributed by atoms with Gasteiger partial charge in [-0.25, -0.2) is 9.97 Å². The van der Waals surface area contributed by atoms with Crippen LogP contribution < -0.4 is 4.90 Å². The lowest BCUT2D eigenvalue weighted by molar-refractivity contribution is 0.0611. The molecule has 1 aliphatic heterocycles. The fourth-order valence-corrected chi connectivity index (χ4v) is 4.55. The largest absolute Gasteiger partial charge is 0.347 e. The van der Waals surface area contributed by atoms with Gasteiger partial charge in [0.1, 0.15) is 4.88 Å². The Morgan fingerprint density at radius 1 is 1.30 bits per heavy atom. The van der Waals surface area contributed by atoms with Gasteiger partial charge in [-0.2, -0.15) is 0 Å². The van der Waals surface area contributed by atoms with Crippen LogP contribution in [0.3, 0.4) is 0 Å². The minimum absolute atomic E-state index is 0.0331. The SMILES string of the molecule is Cc1nnsc1C(=O)N1CCCCC1c1nc(N(C)C)ncc1-c1cccc(Cl)c1. The maximum Gasteiger partial charge on any atom is 0.268 e. The average molecular weight is 443 g/mol. The third kappa shape index (κ3) is 4.02. The van der Waals surface area contributed by atoms with Crippen LogP contribution in [0.15, 0.2) is 30.5 Å². The number of carbonyl (C=O) groups is 1. The van der Waals surface area contributed by atoms with Crippen molar-refractivity contribution in [3.8, 4) is 11.1 Å². The zero-order valence-corrected chi connectivity index (χ0v) is 18.7. The van der Waals surface area contributed by atoms with Crippen molar-refractivity contribution in [2.45, 2.75) is 32.2 Å². The fraction of sp³-hybridized carbons (Fsp3) is 0.381. The number of hydrogen-bond acceptors (Lipinski definition) is 7. The second-order valence-corrected chi connectivity index (χ2v) is 8.76. The van der Waals surface area contributed by atoms with Gasteiger partial charge in [0.25, 0.3) is 5.91 Å². The topological polar surface area (TPSA) is 75.1 Å². The molecule has 1 amide bonds. The van der Waals surface area contributed by atoms with E-state index in [1.165, 1.54) is 0 Å². The van der Waals surface area contributed by atoms with Gasteiger partial charge in [0, 0.05) is 37.4 Å². The van der Waals surface area contributed by atoms with E-state index < -0.39 is 0 Å². The summed E-state index contributed by atoms with van der Waals surface area (Å²) in [5.74, 6) is 0.582. The van der Waals surface area contributed by atoms with Crippen LogP contribution in [-0.4, -0.2) is 51.0 Å². The number of piperidine rings is 1. The molecular weight excluding hydrogens is 420 g/mol. The summed E-state index contributed by atoms with van der Waals surface area (Å²) in [5.41, 5.74) is 3.35. The quantitative estimate of drug-likeness (QED) is 0.596. The number of likely N-dealkylation sites (tertiary alicyclic amines) is 1. The average Bonchev–Trinajstić information content (AvgIpc) is 3.18. The van der Waals surface area contributed by atoms with Crippen molar-refractivity contribution in [1.29, 1.82) is 0 Å². The van der Waals surface area contributed by atoms with Crippen LogP contribution >= 0.6 is 23.1 Å². The number of hydrogen-bond donors (Lipinski definition) is 0. The van der Waals surface area contributed by atoms with Crippen LogP contribution in [-0.2, 0) is 0 Å². The molecule has 0 bridgehead atoms. The molecule has 0 saturated carbocycles. The number of amides is 1. The van der Waals surface area contributed by atoms with Gasteiger partial charge < -0.3 is 9.80 Å². The van der Waals surface area contributed by atoms with Crippen molar-refractivity contribution in [3.63, 3.8) is 0 Å². The molecule has 2 aromatic heterocycles. The predicted molar refractivity (Wildman–Crippen MR) is 119 cm³/mol. The molecule has 0 aliphatic carbocycles. The summed E-state index contributed by atoms with van der Waals surface area (Å²) in [4.78, 5) is 27.2. The van der Waals surface area contributed by atoms with Crippen molar-refractivity contribution < 1.29 is 4.79 Å². The molecule has 3 heterocycles. The Bertz CT molecular complexity index is 1070. The van der Waals surface area contributed by atoms with Gasteiger partial charge >= 0.3 is 0 Å². The number of halogens is 1. The normalized spacial score (nSPS) is 16.5. The summed E-state index contributed by atoms with van der Waals surface area (Å²) < 4.78 is 3.94. The minimum atomic E-state index is -0.150. The number of aryl methyl sites for hydroxylation is 1. The van der Waals surface area contributed by atoms with Gasteiger partial charge in [0.2, 0.25) is 5.95 Å². The van der Waals surface area contributed by atoms with Crippen LogP contribution in [0.25, 0.3) is 11.1 Å². The second kappa shape index (κ2) is 8.65. The molecule has 1 atom stereocenters. The fourth-order valence-electron chi connectivity index (χ4n) is 3.75. The number of rotatable bonds is 4. The Kier molecular flexibility index (Phi) is 5.97. The van der Waals surface area contributed by atoms with E-state index in [-0.39, 0.29) is 11.9 Å². The van der Waals surface area contributed by atoms with E-state index in [0.717, 1.165) is 47.6 Å². The first-order valence-corrected chi connectivity index (χ1v) is 11.0. The molecule has 1 aliphatic rings. The Morgan fingerprint density at radius 3 is 2.83 bits per heavy atom. The van der Waals surface area contributed by atoms with Gasteiger partial charge in [0.15, 0.2) is 0 Å². The zero-order valence-electron chi connectivity index (χ0n) is 17.2. The molecule has 0 spiro atoms. The molecule has 30 heavy (non-hydrogen) atoms. The third-order valence-electron chi connectivity index (χ3n) is 5.27. The molecule has 1 unspecified atom stereocenters. The maximum atomic E-state index is 13.4. The van der Waals surface area contributed by atoms with Crippen LogP contribution in [0, 0.1) is 6.92 Å². The summed E-state index contributed by atoms with van der Waals surface area (Å²) in [6.07, 6.45) is 4.67. The number of benzene rings is 1. The van der Waals surface area contributed by atoms with Gasteiger partial charge in [-0.15, -0.1) is 5.10 Å². The summed E-state index contributed by atoms with van der Waals surface area (Å²) in [6.45, 7) is 2.50. The highest BCUT2D eigenvalue weighted by Gasteiger charge is 2.33. The first kappa shape index (κ1) is 20.7. The molecule has 0 N–H and O–H groups in total. The van der Waals surface area contributed by atoms with Crippen molar-refractivity contribution >= 4 is 35.0 Å². The number of nitrogens with zero attached hydrogens (tertiary/aromatic N) is 6. The molecule has 7 nitrogen and oxygen atoms in total. The molecule has 1 saturated heterocycles. The monoisotopic (exact) mass is 442 g/mol. The highest BCUT2D eigenvalue weighted by atomic mass is 35.5. The van der Waals surface area contributed by atoms with E-state index in [4.69, 9.17) is 16.6 Å².